The number of nitrogens with two attached hydrogens (primary N) is 1. The molecule has 0 radical (unpaired) electrons. The Morgan fingerprint density at radius 3 is 2.88 bits per heavy atom. The van der Waals surface area contributed by atoms with Crippen molar-refractivity contribution in [2.45, 2.75) is 29.1 Å². The maximum atomic E-state index is 5.71. The van der Waals surface area contributed by atoms with Gasteiger partial charge in [-0.25, -0.2) is 14.6 Å². The molecule has 2 aromatic heterocycles. The lowest BCUT2D eigenvalue weighted by Crippen LogP contribution is -2.00. The molecule has 82 valence electrons. The van der Waals surface area contributed by atoms with Crippen LogP contribution in [-0.2, 0) is 0 Å². The average molecular weight is 235 g/mol. The fourth-order valence-corrected chi connectivity index (χ4v) is 2.10. The van der Waals surface area contributed by atoms with Crippen LogP contribution in [0.1, 0.15) is 18.9 Å². The summed E-state index contributed by atoms with van der Waals surface area (Å²) < 4.78 is 1.82. The summed E-state index contributed by atoms with van der Waals surface area (Å²) in [5.74, 6) is 0.401. The lowest BCUT2D eigenvalue weighted by molar-refractivity contribution is 0.565. The van der Waals surface area contributed by atoms with Gasteiger partial charge in [-0.05, 0) is 35.0 Å². The van der Waals surface area contributed by atoms with Crippen LogP contribution in [-0.4, -0.2) is 30.2 Å². The number of nitrogen functional groups attached to an aromatic ring is 1. The molecule has 1 aliphatic carbocycles. The molecule has 2 heterocycles. The first-order valence-corrected chi connectivity index (χ1v) is 5.68. The van der Waals surface area contributed by atoms with Gasteiger partial charge in [0.15, 0.2) is 5.82 Å². The van der Waals surface area contributed by atoms with Crippen molar-refractivity contribution < 1.29 is 0 Å². The van der Waals surface area contributed by atoms with Gasteiger partial charge in [0.1, 0.15) is 5.03 Å². The Balaban J connectivity index is 1.88. The van der Waals surface area contributed by atoms with Gasteiger partial charge in [0.05, 0.1) is 6.04 Å². The van der Waals surface area contributed by atoms with Crippen molar-refractivity contribution in [2.24, 2.45) is 0 Å². The van der Waals surface area contributed by atoms with Gasteiger partial charge in [-0.15, -0.1) is 5.10 Å². The molecule has 3 rings (SSSR count). The molecule has 2 N–H and O–H groups in total. The van der Waals surface area contributed by atoms with Crippen LogP contribution in [0.5, 0.6) is 0 Å². The number of anilines is 1. The van der Waals surface area contributed by atoms with Crippen molar-refractivity contribution in [2.75, 3.05) is 5.73 Å². The summed E-state index contributed by atoms with van der Waals surface area (Å²) in [6.07, 6.45) is 5.43. The third-order valence-corrected chi connectivity index (χ3v) is 3.19. The molecule has 16 heavy (non-hydrogen) atoms. The molecule has 0 aromatic carbocycles. The van der Waals surface area contributed by atoms with Gasteiger partial charge in [0, 0.05) is 12.4 Å². The van der Waals surface area contributed by atoms with E-state index in [2.05, 4.69) is 25.5 Å². The monoisotopic (exact) mass is 235 g/mol. The third-order valence-electron chi connectivity index (χ3n) is 2.23. The van der Waals surface area contributed by atoms with E-state index in [9.17, 15) is 0 Å². The molecule has 0 bridgehead atoms. The second-order valence-electron chi connectivity index (χ2n) is 3.49. The Hall–Kier alpha value is -1.70. The molecule has 0 aliphatic heterocycles. The van der Waals surface area contributed by atoms with Crippen LogP contribution in [0.25, 0.3) is 0 Å². The summed E-state index contributed by atoms with van der Waals surface area (Å²) in [5, 5.41) is 12.9. The number of rotatable bonds is 3. The molecular weight excluding hydrogens is 226 g/mol. The minimum atomic E-state index is 0.401. The Bertz CT molecular complexity index is 507. The topological polar surface area (TPSA) is 95.4 Å². The zero-order valence-corrected chi connectivity index (χ0v) is 9.13. The highest BCUT2D eigenvalue weighted by molar-refractivity contribution is 7.99. The summed E-state index contributed by atoms with van der Waals surface area (Å²) in [5.41, 5.74) is 5.71. The predicted octanol–water partition coefficient (Wildman–Crippen LogP) is 0.531. The van der Waals surface area contributed by atoms with Crippen molar-refractivity contribution in [1.29, 1.82) is 0 Å². The van der Waals surface area contributed by atoms with Crippen LogP contribution in [0.15, 0.2) is 22.6 Å². The first-order chi connectivity index (χ1) is 7.84. The minimum absolute atomic E-state index is 0.401. The Morgan fingerprint density at radius 1 is 1.31 bits per heavy atom. The zero-order chi connectivity index (χ0) is 11.0. The summed E-state index contributed by atoms with van der Waals surface area (Å²) >= 11 is 1.34. The Kier molecular flexibility index (Phi) is 2.21. The summed E-state index contributed by atoms with van der Waals surface area (Å²) in [4.78, 5) is 8.11. The van der Waals surface area contributed by atoms with Gasteiger partial charge in [0.2, 0.25) is 5.16 Å². The summed E-state index contributed by atoms with van der Waals surface area (Å²) in [7, 11) is 0. The van der Waals surface area contributed by atoms with Gasteiger partial charge >= 0.3 is 0 Å². The van der Waals surface area contributed by atoms with Crippen molar-refractivity contribution in [1.82, 2.24) is 30.2 Å². The van der Waals surface area contributed by atoms with Gasteiger partial charge in [-0.1, -0.05) is 0 Å². The maximum absolute atomic E-state index is 5.71. The second kappa shape index (κ2) is 3.71. The van der Waals surface area contributed by atoms with Gasteiger partial charge < -0.3 is 5.73 Å². The summed E-state index contributed by atoms with van der Waals surface area (Å²) in [6.45, 7) is 0. The van der Waals surface area contributed by atoms with Crippen LogP contribution in [0, 0.1) is 0 Å². The molecular formula is C8H9N7S. The van der Waals surface area contributed by atoms with E-state index in [1.54, 1.807) is 12.4 Å². The molecule has 0 atom stereocenters. The first kappa shape index (κ1) is 9.52. The normalized spacial score (nSPS) is 15.2. The lowest BCUT2D eigenvalue weighted by Gasteiger charge is -2.02. The number of tetrazole rings is 1. The zero-order valence-electron chi connectivity index (χ0n) is 8.32. The van der Waals surface area contributed by atoms with Gasteiger partial charge in [0.25, 0.3) is 0 Å². The molecule has 1 fully saturated rings. The van der Waals surface area contributed by atoms with Crippen LogP contribution < -0.4 is 5.73 Å². The molecule has 1 saturated carbocycles. The van der Waals surface area contributed by atoms with E-state index in [0.29, 0.717) is 16.9 Å². The molecule has 7 nitrogen and oxygen atoms in total. The first-order valence-electron chi connectivity index (χ1n) is 4.87. The van der Waals surface area contributed by atoms with E-state index < -0.39 is 0 Å². The highest BCUT2D eigenvalue weighted by Crippen LogP contribution is 2.38. The summed E-state index contributed by atoms with van der Waals surface area (Å²) in [6, 6.07) is 0.440. The molecule has 2 aromatic rings. The van der Waals surface area contributed by atoms with E-state index in [4.69, 9.17) is 5.73 Å². The molecule has 1 aliphatic rings. The second-order valence-corrected chi connectivity index (χ2v) is 4.44. The van der Waals surface area contributed by atoms with E-state index in [-0.39, 0.29) is 0 Å². The van der Waals surface area contributed by atoms with Crippen molar-refractivity contribution in [3.8, 4) is 0 Å². The number of nitrogens with zero attached hydrogens (tertiary/aromatic N) is 6. The standard InChI is InChI=1S/C8H9N7S/c9-6-7(11-4-3-10-6)16-8-12-13-14-15(8)5-1-2-5/h3-5H,1-2H2,(H2,9,10). The minimum Gasteiger partial charge on any atom is -0.381 e. The van der Waals surface area contributed by atoms with E-state index in [1.165, 1.54) is 11.8 Å². The lowest BCUT2D eigenvalue weighted by atomic mass is 10.7. The van der Waals surface area contributed by atoms with Crippen LogP contribution in [0.2, 0.25) is 0 Å². The highest BCUT2D eigenvalue weighted by Gasteiger charge is 2.28. The van der Waals surface area contributed by atoms with Crippen LogP contribution in [0.3, 0.4) is 0 Å². The van der Waals surface area contributed by atoms with Crippen molar-refractivity contribution in [3.63, 3.8) is 0 Å². The smallest absolute Gasteiger partial charge is 0.216 e. The highest BCUT2D eigenvalue weighted by atomic mass is 32.2. The number of hydrogen-bond acceptors (Lipinski definition) is 7. The fourth-order valence-electron chi connectivity index (χ4n) is 1.30. The van der Waals surface area contributed by atoms with Crippen LogP contribution in [0.4, 0.5) is 5.82 Å². The number of aromatic nitrogens is 6. The van der Waals surface area contributed by atoms with E-state index >= 15 is 0 Å². The maximum Gasteiger partial charge on any atom is 0.216 e. The number of hydrogen-bond donors (Lipinski definition) is 1. The quantitative estimate of drug-likeness (QED) is 0.829. The van der Waals surface area contributed by atoms with Crippen molar-refractivity contribution >= 4 is 17.6 Å². The average Bonchev–Trinajstić information content (AvgIpc) is 3.03. The molecule has 0 spiro atoms. The van der Waals surface area contributed by atoms with Crippen LogP contribution >= 0.6 is 11.8 Å². The van der Waals surface area contributed by atoms with Gasteiger partial charge in [-0.2, -0.15) is 0 Å². The SMILES string of the molecule is Nc1nccnc1Sc1nnnn1C1CC1. The third kappa shape index (κ3) is 1.71. The Labute approximate surface area is 95.5 Å². The molecule has 0 amide bonds. The largest absolute Gasteiger partial charge is 0.381 e. The van der Waals surface area contributed by atoms with Gasteiger partial charge in [-0.3, -0.25) is 0 Å². The fraction of sp³-hybridized carbons (Fsp3) is 0.375. The molecule has 0 unspecified atom stereocenters. The molecule has 0 saturated heterocycles. The van der Waals surface area contributed by atoms with E-state index in [1.807, 2.05) is 4.68 Å². The van der Waals surface area contributed by atoms with E-state index in [0.717, 1.165) is 18.0 Å². The predicted molar refractivity (Wildman–Crippen MR) is 56.7 cm³/mol. The molecule has 8 heteroatoms. The Morgan fingerprint density at radius 2 is 2.12 bits per heavy atom. The van der Waals surface area contributed by atoms with Crippen molar-refractivity contribution in [3.05, 3.63) is 12.4 Å².